The van der Waals surface area contributed by atoms with Crippen LogP contribution in [0.5, 0.6) is 11.8 Å². The molecule has 0 spiro atoms. The van der Waals surface area contributed by atoms with Crippen molar-refractivity contribution >= 4 is 5.69 Å². The van der Waals surface area contributed by atoms with E-state index in [9.17, 15) is 0 Å². The molecule has 3 aromatic rings. The summed E-state index contributed by atoms with van der Waals surface area (Å²) >= 11 is 0. The highest BCUT2D eigenvalue weighted by atomic mass is 16.5. The van der Waals surface area contributed by atoms with Crippen LogP contribution in [0, 0.1) is 0 Å². The first kappa shape index (κ1) is 15.8. The van der Waals surface area contributed by atoms with Crippen molar-refractivity contribution in [2.24, 2.45) is 0 Å². The molecule has 3 rings (SSSR count). The molecular formula is C17H19N5O2. The van der Waals surface area contributed by atoms with Crippen LogP contribution in [0.25, 0.3) is 0 Å². The van der Waals surface area contributed by atoms with E-state index >= 15 is 0 Å². The number of nitrogens with one attached hydrogen (secondary N) is 1. The van der Waals surface area contributed by atoms with Crippen LogP contribution in [0.15, 0.2) is 49.1 Å². The number of aromatic nitrogens is 4. The first-order chi connectivity index (χ1) is 11.8. The molecule has 0 aliphatic heterocycles. The molecule has 0 radical (unpaired) electrons. The van der Waals surface area contributed by atoms with Gasteiger partial charge in [-0.1, -0.05) is 30.3 Å². The molecule has 7 heteroatoms. The van der Waals surface area contributed by atoms with Crippen LogP contribution in [-0.4, -0.2) is 34.0 Å². The molecule has 0 unspecified atom stereocenters. The van der Waals surface area contributed by atoms with E-state index in [1.54, 1.807) is 20.4 Å². The Labute approximate surface area is 140 Å². The molecule has 0 bridgehead atoms. The quantitative estimate of drug-likeness (QED) is 0.719. The van der Waals surface area contributed by atoms with Crippen LogP contribution >= 0.6 is 0 Å². The van der Waals surface area contributed by atoms with Crippen molar-refractivity contribution < 1.29 is 9.47 Å². The van der Waals surface area contributed by atoms with Gasteiger partial charge < -0.3 is 14.8 Å². The lowest BCUT2D eigenvalue weighted by atomic mass is 10.2. The van der Waals surface area contributed by atoms with Gasteiger partial charge >= 0.3 is 0 Å². The predicted octanol–water partition coefficient (Wildman–Crippen LogP) is 2.35. The Balaban J connectivity index is 1.68. The summed E-state index contributed by atoms with van der Waals surface area (Å²) in [5, 5.41) is 7.66. The van der Waals surface area contributed by atoms with Crippen molar-refractivity contribution in [3.63, 3.8) is 0 Å². The normalized spacial score (nSPS) is 10.4. The van der Waals surface area contributed by atoms with Crippen molar-refractivity contribution in [2.75, 3.05) is 19.5 Å². The van der Waals surface area contributed by atoms with Gasteiger partial charge in [0.25, 0.3) is 0 Å². The zero-order chi connectivity index (χ0) is 16.8. The third-order valence-corrected chi connectivity index (χ3v) is 3.54. The van der Waals surface area contributed by atoms with Crippen molar-refractivity contribution in [3.8, 4) is 11.8 Å². The zero-order valence-corrected chi connectivity index (χ0v) is 13.6. The van der Waals surface area contributed by atoms with Gasteiger partial charge in [0.05, 0.1) is 44.8 Å². The SMILES string of the molecule is COc1ncnc(OC)c1CNc1cnn(Cc2ccccc2)c1. The molecule has 124 valence electrons. The minimum atomic E-state index is 0.476. The number of methoxy groups -OCH3 is 2. The van der Waals surface area contributed by atoms with E-state index in [0.717, 1.165) is 17.8 Å². The minimum Gasteiger partial charge on any atom is -0.481 e. The number of anilines is 1. The smallest absolute Gasteiger partial charge is 0.225 e. The number of nitrogens with zero attached hydrogens (tertiary/aromatic N) is 4. The van der Waals surface area contributed by atoms with Crippen molar-refractivity contribution in [1.82, 2.24) is 19.7 Å². The summed E-state index contributed by atoms with van der Waals surface area (Å²) in [6, 6.07) is 10.2. The Kier molecular flexibility index (Phi) is 4.90. The van der Waals surface area contributed by atoms with E-state index in [1.165, 1.54) is 11.9 Å². The Bertz CT molecular complexity index is 766. The van der Waals surface area contributed by atoms with E-state index < -0.39 is 0 Å². The third kappa shape index (κ3) is 3.62. The number of hydrogen-bond acceptors (Lipinski definition) is 6. The highest BCUT2D eigenvalue weighted by Crippen LogP contribution is 2.24. The molecule has 0 atom stereocenters. The van der Waals surface area contributed by atoms with Crippen LogP contribution < -0.4 is 14.8 Å². The summed E-state index contributed by atoms with van der Waals surface area (Å²) in [5.74, 6) is 0.983. The fourth-order valence-corrected chi connectivity index (χ4v) is 2.39. The average molecular weight is 325 g/mol. The number of hydrogen-bond donors (Lipinski definition) is 1. The lowest BCUT2D eigenvalue weighted by molar-refractivity contribution is 0.363. The Morgan fingerprint density at radius 3 is 2.42 bits per heavy atom. The van der Waals surface area contributed by atoms with Crippen molar-refractivity contribution in [2.45, 2.75) is 13.1 Å². The number of rotatable bonds is 7. The molecule has 0 aliphatic carbocycles. The largest absolute Gasteiger partial charge is 0.481 e. The van der Waals surface area contributed by atoms with Gasteiger partial charge in [0.1, 0.15) is 6.33 Å². The van der Waals surface area contributed by atoms with Gasteiger partial charge in [0.15, 0.2) is 0 Å². The van der Waals surface area contributed by atoms with E-state index in [1.807, 2.05) is 29.1 Å². The summed E-state index contributed by atoms with van der Waals surface area (Å²) < 4.78 is 12.4. The van der Waals surface area contributed by atoms with E-state index in [2.05, 4.69) is 32.5 Å². The molecule has 24 heavy (non-hydrogen) atoms. The Morgan fingerprint density at radius 1 is 1.04 bits per heavy atom. The first-order valence-electron chi connectivity index (χ1n) is 7.52. The minimum absolute atomic E-state index is 0.476. The Hall–Kier alpha value is -3.09. The van der Waals surface area contributed by atoms with E-state index in [0.29, 0.717) is 18.3 Å². The van der Waals surface area contributed by atoms with Crippen LogP contribution in [0.1, 0.15) is 11.1 Å². The molecule has 0 fully saturated rings. The second kappa shape index (κ2) is 7.45. The van der Waals surface area contributed by atoms with Gasteiger partial charge in [0.2, 0.25) is 11.8 Å². The lowest BCUT2D eigenvalue weighted by Gasteiger charge is -2.11. The topological polar surface area (TPSA) is 74.1 Å². The van der Waals surface area contributed by atoms with Gasteiger partial charge in [-0.2, -0.15) is 5.10 Å². The van der Waals surface area contributed by atoms with Gasteiger partial charge in [-0.25, -0.2) is 9.97 Å². The summed E-state index contributed by atoms with van der Waals surface area (Å²) in [6.07, 6.45) is 5.15. The molecule has 1 aromatic carbocycles. The fourth-order valence-electron chi connectivity index (χ4n) is 2.39. The number of ether oxygens (including phenoxy) is 2. The monoisotopic (exact) mass is 325 g/mol. The molecule has 0 saturated heterocycles. The van der Waals surface area contributed by atoms with Gasteiger partial charge in [-0.3, -0.25) is 4.68 Å². The standard InChI is InChI=1S/C17H19N5O2/c1-23-16-15(17(24-2)20-12-19-16)9-18-14-8-21-22(11-14)10-13-6-4-3-5-7-13/h3-8,11-12,18H,9-10H2,1-2H3. The summed E-state index contributed by atoms with van der Waals surface area (Å²) in [7, 11) is 3.15. The molecule has 2 heterocycles. The van der Waals surface area contributed by atoms with E-state index in [4.69, 9.17) is 9.47 Å². The summed E-state index contributed by atoms with van der Waals surface area (Å²) in [4.78, 5) is 8.21. The first-order valence-corrected chi connectivity index (χ1v) is 7.52. The molecular weight excluding hydrogens is 306 g/mol. The second-order valence-corrected chi connectivity index (χ2v) is 5.14. The van der Waals surface area contributed by atoms with Crippen LogP contribution in [-0.2, 0) is 13.1 Å². The Morgan fingerprint density at radius 2 is 1.75 bits per heavy atom. The summed E-state index contributed by atoms with van der Waals surface area (Å²) in [6.45, 7) is 1.20. The lowest BCUT2D eigenvalue weighted by Crippen LogP contribution is -2.06. The van der Waals surface area contributed by atoms with Crippen molar-refractivity contribution in [1.29, 1.82) is 0 Å². The second-order valence-electron chi connectivity index (χ2n) is 5.14. The van der Waals surface area contributed by atoms with Gasteiger partial charge in [-0.15, -0.1) is 0 Å². The average Bonchev–Trinajstić information content (AvgIpc) is 3.07. The van der Waals surface area contributed by atoms with Gasteiger partial charge in [0, 0.05) is 6.20 Å². The maximum absolute atomic E-state index is 5.27. The molecule has 0 amide bonds. The maximum Gasteiger partial charge on any atom is 0.225 e. The maximum atomic E-state index is 5.27. The summed E-state index contributed by atoms with van der Waals surface area (Å²) in [5.41, 5.74) is 2.86. The van der Waals surface area contributed by atoms with Crippen LogP contribution in [0.4, 0.5) is 5.69 Å². The highest BCUT2D eigenvalue weighted by Gasteiger charge is 2.12. The fraction of sp³-hybridized carbons (Fsp3) is 0.235. The molecule has 0 aliphatic rings. The molecule has 0 saturated carbocycles. The van der Waals surface area contributed by atoms with Gasteiger partial charge in [-0.05, 0) is 5.56 Å². The number of benzene rings is 1. The van der Waals surface area contributed by atoms with Crippen LogP contribution in [0.3, 0.4) is 0 Å². The zero-order valence-electron chi connectivity index (χ0n) is 13.6. The molecule has 1 N–H and O–H groups in total. The highest BCUT2D eigenvalue weighted by molar-refractivity contribution is 5.43. The third-order valence-electron chi connectivity index (χ3n) is 3.54. The van der Waals surface area contributed by atoms with Crippen LogP contribution in [0.2, 0.25) is 0 Å². The molecule has 7 nitrogen and oxygen atoms in total. The van der Waals surface area contributed by atoms with Crippen molar-refractivity contribution in [3.05, 3.63) is 60.2 Å². The predicted molar refractivity (Wildman–Crippen MR) is 90.2 cm³/mol. The van der Waals surface area contributed by atoms with E-state index in [-0.39, 0.29) is 0 Å². The molecule has 2 aromatic heterocycles.